The molecule has 1 unspecified atom stereocenters. The van der Waals surface area contributed by atoms with Gasteiger partial charge in [-0.2, -0.15) is 0 Å². The van der Waals surface area contributed by atoms with Crippen LogP contribution in [0.2, 0.25) is 0 Å². The number of hydrogen-bond acceptors (Lipinski definition) is 5. The van der Waals surface area contributed by atoms with Crippen LogP contribution < -0.4 is 11.1 Å². The molecule has 0 aliphatic rings. The average Bonchev–Trinajstić information content (AvgIpc) is 2.24. The second-order valence-corrected chi connectivity index (χ2v) is 4.32. The molecule has 0 bridgehead atoms. The van der Waals surface area contributed by atoms with Gasteiger partial charge < -0.3 is 11.1 Å². The predicted octanol–water partition coefficient (Wildman–Crippen LogP) is 1.74. The van der Waals surface area contributed by atoms with Gasteiger partial charge in [-0.3, -0.25) is 0 Å². The van der Waals surface area contributed by atoms with Gasteiger partial charge in [0.15, 0.2) is 0 Å². The summed E-state index contributed by atoms with van der Waals surface area (Å²) in [5.74, 6) is 0.888. The number of hydrogen-bond donors (Lipinski definition) is 2. The van der Waals surface area contributed by atoms with E-state index in [0.717, 1.165) is 30.2 Å². The van der Waals surface area contributed by atoms with E-state index >= 15 is 0 Å². The Balaban J connectivity index is 2.30. The Labute approximate surface area is 95.1 Å². The molecule has 4 nitrogen and oxygen atoms in total. The topological polar surface area (TPSA) is 63.8 Å². The molecule has 1 atom stereocenters. The highest BCUT2D eigenvalue weighted by molar-refractivity contribution is 7.98. The van der Waals surface area contributed by atoms with Crippen molar-refractivity contribution in [1.29, 1.82) is 0 Å². The standard InChI is InChI=1S/C10H18N4S/c1-8(11)4-3-5-12-9-6-10(15-2)14-7-13-9/h6-8H,3-5,11H2,1-2H3,(H,12,13,14). The van der Waals surface area contributed by atoms with Crippen LogP contribution in [0.5, 0.6) is 0 Å². The summed E-state index contributed by atoms with van der Waals surface area (Å²) in [6.45, 7) is 2.93. The minimum atomic E-state index is 0.277. The molecule has 0 radical (unpaired) electrons. The Hall–Kier alpha value is -0.810. The maximum absolute atomic E-state index is 5.66. The van der Waals surface area contributed by atoms with Crippen LogP contribution in [-0.2, 0) is 0 Å². The minimum absolute atomic E-state index is 0.277. The SMILES string of the molecule is CSc1cc(NCCCC(C)N)ncn1. The maximum atomic E-state index is 5.66. The zero-order valence-electron chi connectivity index (χ0n) is 9.23. The van der Waals surface area contributed by atoms with Crippen LogP contribution in [0.3, 0.4) is 0 Å². The van der Waals surface area contributed by atoms with Gasteiger partial charge in [-0.25, -0.2) is 9.97 Å². The molecule has 84 valence electrons. The Morgan fingerprint density at radius 1 is 1.53 bits per heavy atom. The summed E-state index contributed by atoms with van der Waals surface area (Å²) in [6.07, 6.45) is 5.69. The molecule has 0 aliphatic heterocycles. The molecule has 5 heteroatoms. The van der Waals surface area contributed by atoms with Crippen molar-refractivity contribution in [3.05, 3.63) is 12.4 Å². The van der Waals surface area contributed by atoms with Crippen molar-refractivity contribution in [3.8, 4) is 0 Å². The number of rotatable bonds is 6. The lowest BCUT2D eigenvalue weighted by Crippen LogP contribution is -2.16. The first-order valence-electron chi connectivity index (χ1n) is 5.08. The van der Waals surface area contributed by atoms with Gasteiger partial charge in [0.1, 0.15) is 17.2 Å². The fraction of sp³-hybridized carbons (Fsp3) is 0.600. The molecule has 0 aliphatic carbocycles. The second-order valence-electron chi connectivity index (χ2n) is 3.49. The third kappa shape index (κ3) is 4.99. The lowest BCUT2D eigenvalue weighted by molar-refractivity contribution is 0.638. The molecule has 1 aromatic rings. The molecular formula is C10H18N4S. The third-order valence-electron chi connectivity index (χ3n) is 1.99. The summed E-state index contributed by atoms with van der Waals surface area (Å²) in [5, 5.41) is 4.24. The molecule has 0 aromatic carbocycles. The lowest BCUT2D eigenvalue weighted by atomic mass is 10.2. The molecule has 1 aromatic heterocycles. The van der Waals surface area contributed by atoms with Gasteiger partial charge in [0, 0.05) is 18.7 Å². The van der Waals surface area contributed by atoms with Crippen LogP contribution in [0.15, 0.2) is 17.4 Å². The summed E-state index contributed by atoms with van der Waals surface area (Å²) in [4.78, 5) is 8.24. The van der Waals surface area contributed by atoms with Gasteiger partial charge in [0.05, 0.1) is 0 Å². The van der Waals surface area contributed by atoms with Gasteiger partial charge in [0.25, 0.3) is 0 Å². The van der Waals surface area contributed by atoms with E-state index in [1.54, 1.807) is 18.1 Å². The summed E-state index contributed by atoms with van der Waals surface area (Å²) in [6, 6.07) is 2.23. The highest BCUT2D eigenvalue weighted by atomic mass is 32.2. The first-order valence-corrected chi connectivity index (χ1v) is 6.30. The number of nitrogens with one attached hydrogen (secondary N) is 1. The normalized spacial score (nSPS) is 12.5. The molecular weight excluding hydrogens is 208 g/mol. The molecule has 15 heavy (non-hydrogen) atoms. The zero-order chi connectivity index (χ0) is 11.1. The molecule has 1 rings (SSSR count). The average molecular weight is 226 g/mol. The predicted molar refractivity (Wildman–Crippen MR) is 65.2 cm³/mol. The summed E-state index contributed by atoms with van der Waals surface area (Å²) >= 11 is 1.62. The smallest absolute Gasteiger partial charge is 0.130 e. The highest BCUT2D eigenvalue weighted by Gasteiger charge is 1.97. The van der Waals surface area contributed by atoms with Crippen LogP contribution in [0, 0.1) is 0 Å². The maximum Gasteiger partial charge on any atom is 0.130 e. The van der Waals surface area contributed by atoms with E-state index < -0.39 is 0 Å². The molecule has 0 saturated carbocycles. The summed E-state index contributed by atoms with van der Waals surface area (Å²) < 4.78 is 0. The van der Waals surface area contributed by atoms with E-state index in [2.05, 4.69) is 15.3 Å². The van der Waals surface area contributed by atoms with Gasteiger partial charge in [-0.15, -0.1) is 11.8 Å². The summed E-state index contributed by atoms with van der Waals surface area (Å²) in [5.41, 5.74) is 5.66. The Morgan fingerprint density at radius 3 is 3.00 bits per heavy atom. The highest BCUT2D eigenvalue weighted by Crippen LogP contribution is 2.13. The number of thioether (sulfide) groups is 1. The van der Waals surface area contributed by atoms with Crippen molar-refractivity contribution in [3.63, 3.8) is 0 Å². The third-order valence-corrected chi connectivity index (χ3v) is 2.64. The first-order chi connectivity index (χ1) is 7.22. The van der Waals surface area contributed by atoms with Crippen molar-refractivity contribution in [2.45, 2.75) is 30.8 Å². The first kappa shape index (κ1) is 12.3. The van der Waals surface area contributed by atoms with Crippen LogP contribution >= 0.6 is 11.8 Å². The second kappa shape index (κ2) is 6.63. The van der Waals surface area contributed by atoms with Gasteiger partial charge in [-0.1, -0.05) is 0 Å². The van der Waals surface area contributed by atoms with Crippen molar-refractivity contribution in [2.24, 2.45) is 5.73 Å². The van der Waals surface area contributed by atoms with Crippen LogP contribution in [-0.4, -0.2) is 28.8 Å². The van der Waals surface area contributed by atoms with Gasteiger partial charge in [-0.05, 0) is 26.0 Å². The van der Waals surface area contributed by atoms with Crippen molar-refractivity contribution in [1.82, 2.24) is 9.97 Å². The minimum Gasteiger partial charge on any atom is -0.370 e. The molecule has 3 N–H and O–H groups in total. The van der Waals surface area contributed by atoms with Crippen molar-refractivity contribution < 1.29 is 0 Å². The fourth-order valence-corrected chi connectivity index (χ4v) is 1.57. The number of nitrogens with zero attached hydrogens (tertiary/aromatic N) is 2. The van der Waals surface area contributed by atoms with E-state index in [1.165, 1.54) is 0 Å². The van der Waals surface area contributed by atoms with Gasteiger partial charge >= 0.3 is 0 Å². The Bertz CT molecular complexity index is 291. The molecule has 0 fully saturated rings. The van der Waals surface area contributed by atoms with E-state index in [0.29, 0.717) is 0 Å². The molecule has 0 spiro atoms. The molecule has 0 saturated heterocycles. The van der Waals surface area contributed by atoms with Gasteiger partial charge in [0.2, 0.25) is 0 Å². The monoisotopic (exact) mass is 226 g/mol. The fourth-order valence-electron chi connectivity index (χ4n) is 1.19. The van der Waals surface area contributed by atoms with Crippen LogP contribution in [0.1, 0.15) is 19.8 Å². The Kier molecular flexibility index (Phi) is 5.42. The zero-order valence-corrected chi connectivity index (χ0v) is 10.0. The summed E-state index contributed by atoms with van der Waals surface area (Å²) in [7, 11) is 0. The number of nitrogens with two attached hydrogens (primary N) is 1. The largest absolute Gasteiger partial charge is 0.370 e. The lowest BCUT2D eigenvalue weighted by Gasteiger charge is -2.07. The van der Waals surface area contributed by atoms with E-state index in [-0.39, 0.29) is 6.04 Å². The van der Waals surface area contributed by atoms with Crippen molar-refractivity contribution >= 4 is 17.6 Å². The van der Waals surface area contributed by atoms with E-state index in [1.807, 2.05) is 19.2 Å². The molecule has 1 heterocycles. The quantitative estimate of drug-likeness (QED) is 0.439. The number of aromatic nitrogens is 2. The van der Waals surface area contributed by atoms with Crippen molar-refractivity contribution in [2.75, 3.05) is 18.1 Å². The van der Waals surface area contributed by atoms with E-state index in [4.69, 9.17) is 5.73 Å². The van der Waals surface area contributed by atoms with E-state index in [9.17, 15) is 0 Å². The molecule has 0 amide bonds. The van der Waals surface area contributed by atoms with Crippen LogP contribution in [0.4, 0.5) is 5.82 Å². The Morgan fingerprint density at radius 2 is 2.33 bits per heavy atom. The number of anilines is 1. The van der Waals surface area contributed by atoms with Crippen LogP contribution in [0.25, 0.3) is 0 Å².